The predicted molar refractivity (Wildman–Crippen MR) is 82.7 cm³/mol. The van der Waals surface area contributed by atoms with Crippen molar-refractivity contribution in [1.82, 2.24) is 10.2 Å². The van der Waals surface area contributed by atoms with Crippen LogP contribution in [0.1, 0.15) is 52.4 Å². The van der Waals surface area contributed by atoms with Gasteiger partial charge >= 0.3 is 0 Å². The largest absolute Gasteiger partial charge is 0.302 e. The number of nitrogens with zero attached hydrogens (tertiary/aromatic N) is 1. The molecule has 0 spiro atoms. The Balaban J connectivity index is 2.00. The van der Waals surface area contributed by atoms with Crippen molar-refractivity contribution in [2.24, 2.45) is 0 Å². The van der Waals surface area contributed by atoms with Crippen LogP contribution in [0.5, 0.6) is 0 Å². The number of carbonyl (C=O) groups excluding carboxylic acids is 2. The number of rotatable bonds is 5. The maximum atomic E-state index is 12.4. The highest BCUT2D eigenvalue weighted by Gasteiger charge is 2.42. The zero-order valence-electron chi connectivity index (χ0n) is 12.7. The molecule has 1 aliphatic carbocycles. The summed E-state index contributed by atoms with van der Waals surface area (Å²) in [6.07, 6.45) is 8.12. The Labute approximate surface area is 126 Å². The van der Waals surface area contributed by atoms with Gasteiger partial charge in [0, 0.05) is 17.3 Å². The van der Waals surface area contributed by atoms with E-state index in [4.69, 9.17) is 0 Å². The van der Waals surface area contributed by atoms with Gasteiger partial charge in [0.15, 0.2) is 0 Å². The second kappa shape index (κ2) is 6.94. The molecule has 1 saturated carbocycles. The van der Waals surface area contributed by atoms with Gasteiger partial charge in [-0.3, -0.25) is 14.5 Å². The van der Waals surface area contributed by atoms with Crippen LogP contribution >= 0.6 is 11.8 Å². The van der Waals surface area contributed by atoms with E-state index in [0.29, 0.717) is 17.7 Å². The third kappa shape index (κ3) is 3.19. The summed E-state index contributed by atoms with van der Waals surface area (Å²) in [5.41, 5.74) is 0. The van der Waals surface area contributed by atoms with Crippen molar-refractivity contribution < 1.29 is 9.59 Å². The Morgan fingerprint density at radius 2 is 2.05 bits per heavy atom. The lowest BCUT2D eigenvalue weighted by atomic mass is 9.94. The monoisotopic (exact) mass is 298 g/mol. The first-order chi connectivity index (χ1) is 9.58. The van der Waals surface area contributed by atoms with Gasteiger partial charge < -0.3 is 5.32 Å². The summed E-state index contributed by atoms with van der Waals surface area (Å²) < 4.78 is 0. The van der Waals surface area contributed by atoms with Crippen LogP contribution in [0.3, 0.4) is 0 Å². The van der Waals surface area contributed by atoms with Crippen molar-refractivity contribution in [3.05, 3.63) is 0 Å². The Hall–Kier alpha value is -0.550. The minimum Gasteiger partial charge on any atom is -0.302 e. The Kier molecular flexibility index (Phi) is 5.49. The average Bonchev–Trinajstić information content (AvgIpc) is 2.73. The van der Waals surface area contributed by atoms with Gasteiger partial charge in [0.25, 0.3) is 0 Å². The second-order valence-electron chi connectivity index (χ2n) is 5.95. The number of likely N-dealkylation sites (tertiary alicyclic amines) is 1. The van der Waals surface area contributed by atoms with E-state index < -0.39 is 0 Å². The van der Waals surface area contributed by atoms with E-state index in [2.05, 4.69) is 11.6 Å². The molecule has 0 aromatic heterocycles. The number of carbonyl (C=O) groups is 2. The maximum absolute atomic E-state index is 12.4. The molecule has 1 saturated heterocycles. The highest BCUT2D eigenvalue weighted by molar-refractivity contribution is 7.99. The van der Waals surface area contributed by atoms with Crippen molar-refractivity contribution in [2.75, 3.05) is 6.26 Å². The molecule has 5 heteroatoms. The molecule has 0 bridgehead atoms. The molecule has 2 fully saturated rings. The first kappa shape index (κ1) is 15.8. The molecular weight excluding hydrogens is 272 g/mol. The fourth-order valence-corrected chi connectivity index (χ4v) is 4.20. The number of thioether (sulfide) groups is 1. The van der Waals surface area contributed by atoms with Gasteiger partial charge in [0.1, 0.15) is 0 Å². The molecule has 0 aromatic carbocycles. The lowest BCUT2D eigenvalue weighted by Crippen LogP contribution is -2.49. The van der Waals surface area contributed by atoms with Gasteiger partial charge in [-0.25, -0.2) is 0 Å². The van der Waals surface area contributed by atoms with E-state index in [1.165, 1.54) is 24.2 Å². The van der Waals surface area contributed by atoms with Crippen LogP contribution in [0.15, 0.2) is 0 Å². The summed E-state index contributed by atoms with van der Waals surface area (Å²) in [5.74, 6) is -0.0341. The number of nitrogens with one attached hydrogen (secondary N) is 1. The highest BCUT2D eigenvalue weighted by atomic mass is 32.2. The Morgan fingerprint density at radius 3 is 2.70 bits per heavy atom. The topological polar surface area (TPSA) is 49.4 Å². The number of imide groups is 1. The van der Waals surface area contributed by atoms with Crippen LogP contribution in [0.25, 0.3) is 0 Å². The summed E-state index contributed by atoms with van der Waals surface area (Å²) >= 11 is 1.88. The quantitative estimate of drug-likeness (QED) is 0.790. The van der Waals surface area contributed by atoms with E-state index in [1.807, 2.05) is 25.6 Å². The second-order valence-corrected chi connectivity index (χ2v) is 7.02. The molecule has 2 amide bonds. The van der Waals surface area contributed by atoms with Crippen LogP contribution in [-0.4, -0.2) is 46.3 Å². The molecule has 1 N–H and O–H groups in total. The Bertz CT molecular complexity index is 375. The van der Waals surface area contributed by atoms with Crippen molar-refractivity contribution in [3.8, 4) is 0 Å². The lowest BCUT2D eigenvalue weighted by molar-refractivity contribution is -0.141. The van der Waals surface area contributed by atoms with E-state index in [0.717, 1.165) is 12.8 Å². The van der Waals surface area contributed by atoms with E-state index >= 15 is 0 Å². The zero-order valence-corrected chi connectivity index (χ0v) is 13.5. The van der Waals surface area contributed by atoms with Crippen LogP contribution in [-0.2, 0) is 9.59 Å². The summed E-state index contributed by atoms with van der Waals surface area (Å²) in [6.45, 7) is 3.96. The standard InChI is InChI=1S/C15H26N2O2S/c1-4-10(2)17-14(18)9-12(15(17)19)16-11-7-5-6-8-13(11)20-3/h10-13,16H,4-9H2,1-3H3. The normalized spacial score (nSPS) is 32.8. The molecule has 4 nitrogen and oxygen atoms in total. The van der Waals surface area contributed by atoms with Gasteiger partial charge in [-0.15, -0.1) is 0 Å². The number of amides is 2. The first-order valence-corrected chi connectivity index (χ1v) is 9.02. The summed E-state index contributed by atoms with van der Waals surface area (Å²) in [4.78, 5) is 25.9. The lowest BCUT2D eigenvalue weighted by Gasteiger charge is -2.32. The molecule has 1 aliphatic heterocycles. The van der Waals surface area contributed by atoms with Gasteiger partial charge in [0.05, 0.1) is 12.5 Å². The molecule has 1 heterocycles. The molecule has 2 rings (SSSR count). The summed E-state index contributed by atoms with van der Waals surface area (Å²) in [5, 5.41) is 4.05. The van der Waals surface area contributed by atoms with Crippen molar-refractivity contribution in [2.45, 2.75) is 75.7 Å². The van der Waals surface area contributed by atoms with Crippen LogP contribution in [0, 0.1) is 0 Å². The zero-order chi connectivity index (χ0) is 14.7. The van der Waals surface area contributed by atoms with Gasteiger partial charge in [-0.2, -0.15) is 11.8 Å². The molecule has 114 valence electrons. The molecule has 0 aromatic rings. The van der Waals surface area contributed by atoms with Crippen LogP contribution in [0.4, 0.5) is 0 Å². The number of hydrogen-bond acceptors (Lipinski definition) is 4. The molecule has 2 aliphatic rings. The van der Waals surface area contributed by atoms with Gasteiger partial charge in [0.2, 0.25) is 11.8 Å². The predicted octanol–water partition coefficient (Wildman–Crippen LogP) is 2.18. The fourth-order valence-electron chi connectivity index (χ4n) is 3.25. The van der Waals surface area contributed by atoms with Crippen LogP contribution in [0.2, 0.25) is 0 Å². The van der Waals surface area contributed by atoms with Crippen molar-refractivity contribution >= 4 is 23.6 Å². The molecule has 20 heavy (non-hydrogen) atoms. The highest BCUT2D eigenvalue weighted by Crippen LogP contribution is 2.29. The van der Waals surface area contributed by atoms with Crippen molar-refractivity contribution in [1.29, 1.82) is 0 Å². The molecule has 0 radical (unpaired) electrons. The van der Waals surface area contributed by atoms with Crippen molar-refractivity contribution in [3.63, 3.8) is 0 Å². The molecule has 4 atom stereocenters. The first-order valence-electron chi connectivity index (χ1n) is 7.73. The van der Waals surface area contributed by atoms with Gasteiger partial charge in [-0.05, 0) is 32.4 Å². The summed E-state index contributed by atoms with van der Waals surface area (Å²) in [6, 6.07) is 0.0936. The number of hydrogen-bond donors (Lipinski definition) is 1. The fraction of sp³-hybridized carbons (Fsp3) is 0.867. The average molecular weight is 298 g/mol. The minimum absolute atomic E-state index is 0.0154. The van der Waals surface area contributed by atoms with E-state index in [9.17, 15) is 9.59 Å². The third-order valence-corrected chi connectivity index (χ3v) is 5.80. The molecular formula is C15H26N2O2S. The molecule has 4 unspecified atom stereocenters. The third-order valence-electron chi connectivity index (χ3n) is 4.64. The minimum atomic E-state index is -0.297. The van der Waals surface area contributed by atoms with Crippen LogP contribution < -0.4 is 5.32 Å². The SMILES string of the molecule is CCC(C)N1C(=O)CC(NC2CCCCC2SC)C1=O. The summed E-state index contributed by atoms with van der Waals surface area (Å²) in [7, 11) is 0. The van der Waals surface area contributed by atoms with E-state index in [-0.39, 0.29) is 23.9 Å². The van der Waals surface area contributed by atoms with E-state index in [1.54, 1.807) is 0 Å². The maximum Gasteiger partial charge on any atom is 0.247 e. The Morgan fingerprint density at radius 1 is 1.35 bits per heavy atom. The smallest absolute Gasteiger partial charge is 0.247 e. The van der Waals surface area contributed by atoms with Gasteiger partial charge in [-0.1, -0.05) is 19.8 Å².